The quantitative estimate of drug-likeness (QED) is 0.225. The van der Waals surface area contributed by atoms with E-state index in [0.717, 1.165) is 11.1 Å². The molecule has 0 radical (unpaired) electrons. The predicted octanol–water partition coefficient (Wildman–Crippen LogP) is 5.37. The third-order valence-electron chi connectivity index (χ3n) is 4.50. The molecule has 3 aromatic rings. The van der Waals surface area contributed by atoms with Gasteiger partial charge in [-0.15, -0.1) is 0 Å². The molecular formula is C23H20Br2N2O5S. The number of nitrogens with one attached hydrogen (secondary N) is 1. The minimum absolute atomic E-state index is 0.0479. The Kier molecular flexibility index (Phi) is 7.93. The topological polar surface area (TPSA) is 94.1 Å². The number of nitrogens with zero attached hydrogens (tertiary/aromatic N) is 1. The highest BCUT2D eigenvalue weighted by Gasteiger charge is 2.20. The number of benzene rings is 3. The van der Waals surface area contributed by atoms with Gasteiger partial charge in [0.15, 0.2) is 5.75 Å². The van der Waals surface area contributed by atoms with Gasteiger partial charge in [0.05, 0.1) is 27.8 Å². The third-order valence-corrected chi connectivity index (χ3v) is 6.92. The van der Waals surface area contributed by atoms with Gasteiger partial charge in [-0.05, 0) is 93.2 Å². The molecule has 0 saturated carbocycles. The molecule has 33 heavy (non-hydrogen) atoms. The summed E-state index contributed by atoms with van der Waals surface area (Å²) in [5, 5.41) is 3.98. The van der Waals surface area contributed by atoms with Gasteiger partial charge in [-0.1, -0.05) is 23.8 Å². The molecule has 172 valence electrons. The number of hydrogen-bond donors (Lipinski definition) is 1. The molecule has 0 saturated heterocycles. The molecule has 3 aromatic carbocycles. The number of halogens is 2. The molecule has 0 atom stereocenters. The van der Waals surface area contributed by atoms with Crippen LogP contribution in [0.25, 0.3) is 0 Å². The van der Waals surface area contributed by atoms with Crippen molar-refractivity contribution in [3.8, 4) is 11.5 Å². The van der Waals surface area contributed by atoms with Crippen LogP contribution in [-0.2, 0) is 10.1 Å². The number of hydrogen-bond acceptors (Lipinski definition) is 6. The molecule has 0 aliphatic rings. The third kappa shape index (κ3) is 6.21. The second-order valence-electron chi connectivity index (χ2n) is 7.07. The smallest absolute Gasteiger partial charge is 0.339 e. The highest BCUT2D eigenvalue weighted by molar-refractivity contribution is 9.11. The van der Waals surface area contributed by atoms with Gasteiger partial charge in [0.25, 0.3) is 5.91 Å². The van der Waals surface area contributed by atoms with Gasteiger partial charge in [0, 0.05) is 0 Å². The average Bonchev–Trinajstić information content (AvgIpc) is 2.76. The van der Waals surface area contributed by atoms with Crippen LogP contribution >= 0.6 is 31.9 Å². The van der Waals surface area contributed by atoms with Crippen LogP contribution in [0, 0.1) is 13.8 Å². The molecule has 0 aliphatic heterocycles. The van der Waals surface area contributed by atoms with Crippen molar-refractivity contribution < 1.29 is 22.1 Å². The Balaban J connectivity index is 1.75. The Labute approximate surface area is 209 Å². The molecule has 0 heterocycles. The van der Waals surface area contributed by atoms with E-state index in [1.807, 2.05) is 13.8 Å². The number of aryl methyl sites for hydroxylation is 2. The van der Waals surface area contributed by atoms with E-state index in [9.17, 15) is 13.2 Å². The lowest BCUT2D eigenvalue weighted by Crippen LogP contribution is -2.18. The normalized spacial score (nSPS) is 11.4. The van der Waals surface area contributed by atoms with E-state index in [1.165, 1.54) is 25.5 Å². The van der Waals surface area contributed by atoms with E-state index in [-0.39, 0.29) is 10.6 Å². The van der Waals surface area contributed by atoms with Gasteiger partial charge in [0.1, 0.15) is 10.6 Å². The van der Waals surface area contributed by atoms with E-state index in [4.69, 9.17) is 8.92 Å². The zero-order chi connectivity index (χ0) is 24.2. The van der Waals surface area contributed by atoms with Crippen LogP contribution in [0.4, 0.5) is 0 Å². The van der Waals surface area contributed by atoms with Gasteiger partial charge >= 0.3 is 10.1 Å². The van der Waals surface area contributed by atoms with Crippen LogP contribution in [0.2, 0.25) is 0 Å². The van der Waals surface area contributed by atoms with Gasteiger partial charge in [0.2, 0.25) is 0 Å². The fraction of sp³-hybridized carbons (Fsp3) is 0.130. The highest BCUT2D eigenvalue weighted by atomic mass is 79.9. The lowest BCUT2D eigenvalue weighted by molar-refractivity contribution is 0.0952. The van der Waals surface area contributed by atoms with Crippen LogP contribution in [0.1, 0.15) is 27.0 Å². The van der Waals surface area contributed by atoms with Gasteiger partial charge in [-0.25, -0.2) is 5.43 Å². The van der Waals surface area contributed by atoms with Crippen molar-refractivity contribution in [3.05, 3.63) is 85.8 Å². The number of amides is 1. The summed E-state index contributed by atoms with van der Waals surface area (Å²) >= 11 is 6.67. The first kappa shape index (κ1) is 24.9. The fourth-order valence-electron chi connectivity index (χ4n) is 2.81. The van der Waals surface area contributed by atoms with E-state index in [1.54, 1.807) is 42.5 Å². The number of carbonyl (C=O) groups excluding carboxylic acids is 1. The second kappa shape index (κ2) is 10.5. The van der Waals surface area contributed by atoms with E-state index < -0.39 is 16.0 Å². The van der Waals surface area contributed by atoms with Crippen molar-refractivity contribution in [1.29, 1.82) is 0 Å². The van der Waals surface area contributed by atoms with Crippen molar-refractivity contribution in [2.24, 2.45) is 5.10 Å². The summed E-state index contributed by atoms with van der Waals surface area (Å²) in [7, 11) is -2.53. The number of methoxy groups -OCH3 is 1. The van der Waals surface area contributed by atoms with Gasteiger partial charge in [-0.2, -0.15) is 13.5 Å². The summed E-state index contributed by atoms with van der Waals surface area (Å²) < 4.78 is 36.6. The lowest BCUT2D eigenvalue weighted by atomic mass is 10.1. The number of hydrazone groups is 1. The second-order valence-corrected chi connectivity index (χ2v) is 10.3. The zero-order valence-corrected chi connectivity index (χ0v) is 21.9. The molecule has 1 amide bonds. The molecule has 0 aromatic heterocycles. The Hall–Kier alpha value is -2.69. The maximum absolute atomic E-state index is 12.6. The molecule has 0 bridgehead atoms. The monoisotopic (exact) mass is 594 g/mol. The molecule has 3 rings (SSSR count). The molecule has 0 spiro atoms. The van der Waals surface area contributed by atoms with Crippen molar-refractivity contribution >= 4 is 54.1 Å². The van der Waals surface area contributed by atoms with Crippen molar-refractivity contribution in [3.63, 3.8) is 0 Å². The Morgan fingerprint density at radius 1 is 0.970 bits per heavy atom. The van der Waals surface area contributed by atoms with E-state index >= 15 is 0 Å². The molecule has 7 nitrogen and oxygen atoms in total. The molecular weight excluding hydrogens is 576 g/mol. The maximum atomic E-state index is 12.6. The largest absolute Gasteiger partial charge is 0.496 e. The SMILES string of the molecule is COc1cc(C)ccc1C(=O)N/N=C\c1cc(Br)c(OS(=O)(=O)c2ccc(C)cc2)c(Br)c1. The first-order chi connectivity index (χ1) is 15.6. The Bertz CT molecular complexity index is 1300. The fourth-order valence-corrected chi connectivity index (χ4v) is 5.37. The first-order valence-corrected chi connectivity index (χ1v) is 12.6. The van der Waals surface area contributed by atoms with Gasteiger partial charge < -0.3 is 8.92 Å². The van der Waals surface area contributed by atoms with Crippen molar-refractivity contribution in [2.75, 3.05) is 7.11 Å². The maximum Gasteiger partial charge on any atom is 0.339 e. The molecule has 0 aliphatic carbocycles. The summed E-state index contributed by atoms with van der Waals surface area (Å²) in [6, 6.07) is 14.8. The van der Waals surface area contributed by atoms with Crippen LogP contribution in [0.15, 0.2) is 73.5 Å². The molecule has 1 N–H and O–H groups in total. The number of rotatable bonds is 7. The minimum atomic E-state index is -4.02. The van der Waals surface area contributed by atoms with Crippen LogP contribution in [0.3, 0.4) is 0 Å². The predicted molar refractivity (Wildman–Crippen MR) is 134 cm³/mol. The summed E-state index contributed by atoms with van der Waals surface area (Å²) in [5.74, 6) is 0.121. The standard InChI is InChI=1S/C23H20Br2N2O5S/c1-14-4-7-17(8-5-14)33(29,30)32-22-19(24)11-16(12-20(22)25)13-26-27-23(28)18-9-6-15(2)10-21(18)31-3/h4-13H,1-3H3,(H,27,28)/b26-13-. The lowest BCUT2D eigenvalue weighted by Gasteiger charge is -2.11. The first-order valence-electron chi connectivity index (χ1n) is 9.59. The summed E-state index contributed by atoms with van der Waals surface area (Å²) in [5.41, 5.74) is 5.30. The zero-order valence-electron chi connectivity index (χ0n) is 17.9. The number of carbonyl (C=O) groups is 1. The van der Waals surface area contributed by atoms with Crippen LogP contribution in [0.5, 0.6) is 11.5 Å². The van der Waals surface area contributed by atoms with Crippen LogP contribution < -0.4 is 14.3 Å². The highest BCUT2D eigenvalue weighted by Crippen LogP contribution is 2.36. The number of ether oxygens (including phenoxy) is 1. The molecule has 0 unspecified atom stereocenters. The molecule has 0 fully saturated rings. The minimum Gasteiger partial charge on any atom is -0.496 e. The van der Waals surface area contributed by atoms with E-state index in [2.05, 4.69) is 42.4 Å². The van der Waals surface area contributed by atoms with Gasteiger partial charge in [-0.3, -0.25) is 4.79 Å². The van der Waals surface area contributed by atoms with E-state index in [0.29, 0.717) is 25.8 Å². The summed E-state index contributed by atoms with van der Waals surface area (Å²) in [4.78, 5) is 12.5. The average molecular weight is 596 g/mol. The summed E-state index contributed by atoms with van der Waals surface area (Å²) in [6.45, 7) is 3.77. The van der Waals surface area contributed by atoms with Crippen molar-refractivity contribution in [2.45, 2.75) is 18.7 Å². The van der Waals surface area contributed by atoms with Crippen LogP contribution in [-0.4, -0.2) is 27.6 Å². The Morgan fingerprint density at radius 3 is 2.18 bits per heavy atom. The summed E-state index contributed by atoms with van der Waals surface area (Å²) in [6.07, 6.45) is 1.42. The molecule has 10 heteroatoms. The van der Waals surface area contributed by atoms with Crippen molar-refractivity contribution in [1.82, 2.24) is 5.43 Å². The Morgan fingerprint density at radius 2 is 1.58 bits per heavy atom.